The fourth-order valence-electron chi connectivity index (χ4n) is 4.11. The summed E-state index contributed by atoms with van der Waals surface area (Å²) in [6, 6.07) is 16.9. The quantitative estimate of drug-likeness (QED) is 0.250. The number of benzene rings is 3. The van der Waals surface area contributed by atoms with Gasteiger partial charge in [-0.1, -0.05) is 69.8 Å². The summed E-state index contributed by atoms with van der Waals surface area (Å²) in [7, 11) is -4.14. The van der Waals surface area contributed by atoms with Crippen LogP contribution in [0.5, 0.6) is 0 Å². The topological polar surface area (TPSA) is 86.8 Å². The van der Waals surface area contributed by atoms with Crippen LogP contribution in [0.25, 0.3) is 0 Å². The number of rotatable bonds is 11. The summed E-state index contributed by atoms with van der Waals surface area (Å²) in [4.78, 5) is 28.7. The first-order valence-corrected chi connectivity index (χ1v) is 15.7. The predicted molar refractivity (Wildman–Crippen MR) is 164 cm³/mol. The molecule has 2 amide bonds. The number of hydrogen-bond donors (Lipinski definition) is 1. The minimum Gasteiger partial charge on any atom is -0.352 e. The molecule has 0 heterocycles. The maximum Gasteiger partial charge on any atom is 0.264 e. The van der Waals surface area contributed by atoms with Crippen LogP contribution in [0.2, 0.25) is 10.0 Å². The van der Waals surface area contributed by atoms with E-state index in [1.807, 2.05) is 20.8 Å². The number of sulfonamides is 1. The number of anilines is 1. The number of halogens is 3. The van der Waals surface area contributed by atoms with Crippen LogP contribution >= 0.6 is 39.1 Å². The molecule has 0 saturated heterocycles. The van der Waals surface area contributed by atoms with Gasteiger partial charge in [0.15, 0.2) is 0 Å². The minimum absolute atomic E-state index is 0.0163. The van der Waals surface area contributed by atoms with Crippen molar-refractivity contribution in [3.05, 3.63) is 92.4 Å². The van der Waals surface area contributed by atoms with E-state index in [0.29, 0.717) is 27.7 Å². The summed E-state index contributed by atoms with van der Waals surface area (Å²) in [6.45, 7) is 6.77. The number of hydrogen-bond acceptors (Lipinski definition) is 4. The summed E-state index contributed by atoms with van der Waals surface area (Å²) < 4.78 is 29.6. The van der Waals surface area contributed by atoms with Crippen LogP contribution in [-0.2, 0) is 26.2 Å². The van der Waals surface area contributed by atoms with Crippen molar-refractivity contribution in [1.82, 2.24) is 10.2 Å². The zero-order chi connectivity index (χ0) is 29.6. The Kier molecular flexibility index (Phi) is 11.1. The number of carbonyl (C=O) groups excluding carboxylic acids is 2. The molecular weight excluding hydrogens is 637 g/mol. The van der Waals surface area contributed by atoms with Gasteiger partial charge in [0.1, 0.15) is 12.6 Å². The number of aryl methyl sites for hydroxylation is 1. The average Bonchev–Trinajstić information content (AvgIpc) is 2.88. The second kappa shape index (κ2) is 13.9. The molecule has 0 radical (unpaired) electrons. The van der Waals surface area contributed by atoms with Gasteiger partial charge in [0.25, 0.3) is 10.0 Å². The molecule has 40 heavy (non-hydrogen) atoms. The highest BCUT2D eigenvalue weighted by Gasteiger charge is 2.34. The van der Waals surface area contributed by atoms with Gasteiger partial charge in [0.2, 0.25) is 11.8 Å². The van der Waals surface area contributed by atoms with Crippen LogP contribution in [0.1, 0.15) is 38.3 Å². The predicted octanol–water partition coefficient (Wildman–Crippen LogP) is 6.59. The number of carbonyl (C=O) groups is 2. The smallest absolute Gasteiger partial charge is 0.264 e. The lowest BCUT2D eigenvalue weighted by Gasteiger charge is -2.33. The van der Waals surface area contributed by atoms with Gasteiger partial charge >= 0.3 is 0 Å². The third-order valence-electron chi connectivity index (χ3n) is 6.18. The summed E-state index contributed by atoms with van der Waals surface area (Å²) >= 11 is 15.9. The third-order valence-corrected chi connectivity index (χ3v) is 9.08. The van der Waals surface area contributed by atoms with Crippen molar-refractivity contribution < 1.29 is 18.0 Å². The Bertz CT molecular complexity index is 1450. The Balaban J connectivity index is 2.08. The SMILES string of the molecule is CCC(C(=O)NC(C)C)N(Cc1ccc(Cl)cc1Cl)C(=O)CN(c1ccc(Br)cc1)S(=O)(=O)c1ccc(C)cc1. The van der Waals surface area contributed by atoms with Crippen LogP contribution in [0, 0.1) is 6.92 Å². The van der Waals surface area contributed by atoms with E-state index in [-0.39, 0.29) is 23.4 Å². The van der Waals surface area contributed by atoms with Gasteiger partial charge in [0, 0.05) is 27.1 Å². The fraction of sp³-hybridized carbons (Fsp3) is 0.310. The molecule has 0 aliphatic heterocycles. The Hall–Kier alpha value is -2.59. The average molecular weight is 669 g/mol. The molecular formula is C29H32BrCl2N3O4S. The summed E-state index contributed by atoms with van der Waals surface area (Å²) in [5.74, 6) is -0.900. The Morgan fingerprint density at radius 1 is 0.975 bits per heavy atom. The highest BCUT2D eigenvalue weighted by atomic mass is 79.9. The molecule has 0 aromatic heterocycles. The van der Waals surface area contributed by atoms with Crippen molar-refractivity contribution in [3.63, 3.8) is 0 Å². The van der Waals surface area contributed by atoms with E-state index in [1.54, 1.807) is 61.5 Å². The van der Waals surface area contributed by atoms with Crippen LogP contribution in [-0.4, -0.2) is 43.8 Å². The van der Waals surface area contributed by atoms with Crippen molar-refractivity contribution in [2.24, 2.45) is 0 Å². The van der Waals surface area contributed by atoms with Gasteiger partial charge in [-0.15, -0.1) is 0 Å². The monoisotopic (exact) mass is 667 g/mol. The van der Waals surface area contributed by atoms with Crippen molar-refractivity contribution in [2.45, 2.75) is 57.6 Å². The number of nitrogens with zero attached hydrogens (tertiary/aromatic N) is 2. The minimum atomic E-state index is -4.14. The maximum atomic E-state index is 14.1. The Morgan fingerprint density at radius 2 is 1.60 bits per heavy atom. The molecule has 3 aromatic carbocycles. The lowest BCUT2D eigenvalue weighted by Crippen LogP contribution is -2.53. The molecule has 0 spiro atoms. The summed E-state index contributed by atoms with van der Waals surface area (Å²) in [5.41, 5.74) is 1.78. The molecule has 1 unspecified atom stereocenters. The molecule has 1 N–H and O–H groups in total. The molecule has 0 bridgehead atoms. The Morgan fingerprint density at radius 3 is 2.15 bits per heavy atom. The molecule has 1 atom stereocenters. The van der Waals surface area contributed by atoms with Crippen LogP contribution in [0.15, 0.2) is 76.1 Å². The van der Waals surface area contributed by atoms with Crippen molar-refractivity contribution in [1.29, 1.82) is 0 Å². The molecule has 3 rings (SSSR count). The van der Waals surface area contributed by atoms with E-state index in [2.05, 4.69) is 21.2 Å². The van der Waals surface area contributed by atoms with Crippen LogP contribution < -0.4 is 9.62 Å². The number of amides is 2. The van der Waals surface area contributed by atoms with Crippen molar-refractivity contribution >= 4 is 66.7 Å². The lowest BCUT2D eigenvalue weighted by atomic mass is 10.1. The van der Waals surface area contributed by atoms with E-state index in [4.69, 9.17) is 23.2 Å². The lowest BCUT2D eigenvalue weighted by molar-refractivity contribution is -0.140. The highest BCUT2D eigenvalue weighted by Crippen LogP contribution is 2.28. The van der Waals surface area contributed by atoms with Crippen molar-refractivity contribution in [2.75, 3.05) is 10.8 Å². The molecule has 0 aliphatic rings. The van der Waals surface area contributed by atoms with Gasteiger partial charge in [-0.2, -0.15) is 0 Å². The molecule has 7 nitrogen and oxygen atoms in total. The van der Waals surface area contributed by atoms with Gasteiger partial charge in [-0.25, -0.2) is 8.42 Å². The van der Waals surface area contributed by atoms with E-state index in [9.17, 15) is 18.0 Å². The first-order chi connectivity index (χ1) is 18.8. The van der Waals surface area contributed by atoms with Crippen LogP contribution in [0.4, 0.5) is 5.69 Å². The summed E-state index contributed by atoms with van der Waals surface area (Å²) in [6.07, 6.45) is 0.304. The standard InChI is InChI=1S/C29H32BrCl2N3O4S/c1-5-27(29(37)33-19(2)3)34(17-21-8-11-23(31)16-26(21)32)28(36)18-35(24-12-9-22(30)10-13-24)40(38,39)25-14-6-20(4)7-15-25/h6-16,19,27H,5,17-18H2,1-4H3,(H,33,37). The second-order valence-electron chi connectivity index (χ2n) is 9.65. The van der Waals surface area contributed by atoms with Crippen molar-refractivity contribution in [3.8, 4) is 0 Å². The first kappa shape index (κ1) is 31.9. The van der Waals surface area contributed by atoms with Gasteiger partial charge in [0.05, 0.1) is 10.6 Å². The van der Waals surface area contributed by atoms with Crippen LogP contribution in [0.3, 0.4) is 0 Å². The molecule has 0 saturated carbocycles. The zero-order valence-electron chi connectivity index (χ0n) is 22.7. The molecule has 11 heteroatoms. The normalized spacial score (nSPS) is 12.2. The molecule has 0 aliphatic carbocycles. The van der Waals surface area contributed by atoms with E-state index >= 15 is 0 Å². The second-order valence-corrected chi connectivity index (χ2v) is 13.3. The van der Waals surface area contributed by atoms with E-state index in [0.717, 1.165) is 14.3 Å². The largest absolute Gasteiger partial charge is 0.352 e. The van der Waals surface area contributed by atoms with E-state index < -0.39 is 28.5 Å². The van der Waals surface area contributed by atoms with Gasteiger partial charge in [-0.05, 0) is 81.3 Å². The Labute approximate surface area is 254 Å². The maximum absolute atomic E-state index is 14.1. The third kappa shape index (κ3) is 8.00. The van der Waals surface area contributed by atoms with E-state index in [1.165, 1.54) is 17.0 Å². The zero-order valence-corrected chi connectivity index (χ0v) is 26.6. The molecule has 214 valence electrons. The fourth-order valence-corrected chi connectivity index (χ4v) is 6.25. The summed E-state index contributed by atoms with van der Waals surface area (Å²) in [5, 5.41) is 3.63. The molecule has 3 aromatic rings. The number of nitrogens with one attached hydrogen (secondary N) is 1. The molecule has 0 fully saturated rings. The first-order valence-electron chi connectivity index (χ1n) is 12.7. The highest BCUT2D eigenvalue weighted by molar-refractivity contribution is 9.10. The van der Waals surface area contributed by atoms with Gasteiger partial charge < -0.3 is 10.2 Å². The van der Waals surface area contributed by atoms with Gasteiger partial charge in [-0.3, -0.25) is 13.9 Å².